The Balaban J connectivity index is 1.56. The maximum atomic E-state index is 13.0. The zero-order valence-electron chi connectivity index (χ0n) is 17.7. The van der Waals surface area contributed by atoms with E-state index in [0.717, 1.165) is 11.1 Å². The SMILES string of the molecule is COc1ccc(C=CC(=O)NCc2cccc(NC(=O)c3ccc(F)cc3)c2)cc1OC. The molecule has 3 rings (SSSR count). The topological polar surface area (TPSA) is 76.7 Å². The number of hydrogen-bond donors (Lipinski definition) is 2. The Labute approximate surface area is 185 Å². The lowest BCUT2D eigenvalue weighted by molar-refractivity contribution is -0.116. The molecule has 32 heavy (non-hydrogen) atoms. The van der Waals surface area contributed by atoms with Crippen LogP contribution in [0, 0.1) is 5.82 Å². The largest absolute Gasteiger partial charge is 0.493 e. The number of benzene rings is 3. The standard InChI is InChI=1S/C25H23FN2O4/c1-31-22-12-6-17(15-23(22)32-2)7-13-24(29)27-16-18-4-3-5-21(14-18)28-25(30)19-8-10-20(26)11-9-19/h3-15H,16H2,1-2H3,(H,27,29)(H,28,30). The van der Waals surface area contributed by atoms with Crippen LogP contribution in [0.1, 0.15) is 21.5 Å². The van der Waals surface area contributed by atoms with E-state index < -0.39 is 5.82 Å². The number of carbonyl (C=O) groups excluding carboxylic acids is 2. The summed E-state index contributed by atoms with van der Waals surface area (Å²) in [6.45, 7) is 0.287. The van der Waals surface area contributed by atoms with Crippen molar-refractivity contribution in [1.29, 1.82) is 0 Å². The molecular weight excluding hydrogens is 411 g/mol. The first-order chi connectivity index (χ1) is 15.5. The second kappa shape index (κ2) is 10.8. The van der Waals surface area contributed by atoms with Crippen molar-refractivity contribution in [2.45, 2.75) is 6.54 Å². The smallest absolute Gasteiger partial charge is 0.255 e. The van der Waals surface area contributed by atoms with Gasteiger partial charge in [0.2, 0.25) is 5.91 Å². The van der Waals surface area contributed by atoms with Gasteiger partial charge in [-0.15, -0.1) is 0 Å². The minimum absolute atomic E-state index is 0.263. The summed E-state index contributed by atoms with van der Waals surface area (Å²) in [4.78, 5) is 24.5. The highest BCUT2D eigenvalue weighted by Gasteiger charge is 2.07. The molecule has 0 spiro atoms. The maximum Gasteiger partial charge on any atom is 0.255 e. The number of rotatable bonds is 8. The molecule has 2 N–H and O–H groups in total. The predicted molar refractivity (Wildman–Crippen MR) is 121 cm³/mol. The summed E-state index contributed by atoms with van der Waals surface area (Å²) in [5, 5.41) is 5.57. The summed E-state index contributed by atoms with van der Waals surface area (Å²) in [5.41, 5.74) is 2.54. The van der Waals surface area contributed by atoms with E-state index >= 15 is 0 Å². The normalized spacial score (nSPS) is 10.6. The van der Waals surface area contributed by atoms with Crippen molar-refractivity contribution in [1.82, 2.24) is 5.32 Å². The highest BCUT2D eigenvalue weighted by Crippen LogP contribution is 2.27. The van der Waals surface area contributed by atoms with Crippen LogP contribution in [0.3, 0.4) is 0 Å². The lowest BCUT2D eigenvalue weighted by atomic mass is 10.1. The molecule has 2 amide bonds. The molecule has 6 nitrogen and oxygen atoms in total. The quantitative estimate of drug-likeness (QED) is 0.515. The van der Waals surface area contributed by atoms with E-state index in [0.29, 0.717) is 22.7 Å². The Hall–Kier alpha value is -4.13. The van der Waals surface area contributed by atoms with Gasteiger partial charge in [0.15, 0.2) is 11.5 Å². The van der Waals surface area contributed by atoms with Gasteiger partial charge in [-0.1, -0.05) is 18.2 Å². The monoisotopic (exact) mass is 434 g/mol. The van der Waals surface area contributed by atoms with Gasteiger partial charge in [-0.3, -0.25) is 9.59 Å². The second-order valence-electron chi connectivity index (χ2n) is 6.83. The van der Waals surface area contributed by atoms with E-state index in [1.54, 1.807) is 50.6 Å². The Morgan fingerprint density at radius 1 is 0.938 bits per heavy atom. The fraction of sp³-hybridized carbons (Fsp3) is 0.120. The van der Waals surface area contributed by atoms with Crippen molar-refractivity contribution >= 4 is 23.6 Å². The number of anilines is 1. The van der Waals surface area contributed by atoms with Gasteiger partial charge < -0.3 is 20.1 Å². The summed E-state index contributed by atoms with van der Waals surface area (Å²) >= 11 is 0. The lowest BCUT2D eigenvalue weighted by Crippen LogP contribution is -2.20. The molecule has 3 aromatic carbocycles. The highest BCUT2D eigenvalue weighted by atomic mass is 19.1. The Morgan fingerprint density at radius 3 is 2.41 bits per heavy atom. The van der Waals surface area contributed by atoms with Gasteiger partial charge in [0.1, 0.15) is 5.82 Å². The molecule has 0 aliphatic carbocycles. The lowest BCUT2D eigenvalue weighted by Gasteiger charge is -2.08. The molecule has 0 atom stereocenters. The van der Waals surface area contributed by atoms with E-state index in [-0.39, 0.29) is 18.4 Å². The number of ether oxygens (including phenoxy) is 2. The van der Waals surface area contributed by atoms with Gasteiger partial charge in [0, 0.05) is 23.9 Å². The van der Waals surface area contributed by atoms with Gasteiger partial charge in [-0.2, -0.15) is 0 Å². The molecule has 0 saturated carbocycles. The third-order valence-electron chi connectivity index (χ3n) is 4.59. The number of methoxy groups -OCH3 is 2. The molecule has 0 unspecified atom stereocenters. The number of amides is 2. The third-order valence-corrected chi connectivity index (χ3v) is 4.59. The number of halogens is 1. The van der Waals surface area contributed by atoms with Gasteiger partial charge in [-0.05, 0) is 65.7 Å². The van der Waals surface area contributed by atoms with Crippen LogP contribution in [0.4, 0.5) is 10.1 Å². The van der Waals surface area contributed by atoms with Crippen LogP contribution in [0.25, 0.3) is 6.08 Å². The number of hydrogen-bond acceptors (Lipinski definition) is 4. The predicted octanol–water partition coefficient (Wildman–Crippen LogP) is 4.42. The van der Waals surface area contributed by atoms with Crippen LogP contribution in [0.5, 0.6) is 11.5 Å². The maximum absolute atomic E-state index is 13.0. The van der Waals surface area contributed by atoms with E-state index in [9.17, 15) is 14.0 Å². The summed E-state index contributed by atoms with van der Waals surface area (Å²) in [6.07, 6.45) is 3.11. The Bertz CT molecular complexity index is 1130. The van der Waals surface area contributed by atoms with Crippen molar-refractivity contribution in [2.24, 2.45) is 0 Å². The fourth-order valence-electron chi connectivity index (χ4n) is 2.94. The summed E-state index contributed by atoms with van der Waals surface area (Å²) in [6, 6.07) is 17.8. The van der Waals surface area contributed by atoms with E-state index in [1.165, 1.54) is 30.3 Å². The van der Waals surface area contributed by atoms with Crippen LogP contribution >= 0.6 is 0 Å². The van der Waals surface area contributed by atoms with Crippen molar-refractivity contribution in [3.05, 3.63) is 95.3 Å². The molecule has 0 heterocycles. The Kier molecular flexibility index (Phi) is 7.59. The average molecular weight is 434 g/mol. The summed E-state index contributed by atoms with van der Waals surface area (Å²) in [7, 11) is 3.11. The average Bonchev–Trinajstić information content (AvgIpc) is 2.81. The minimum Gasteiger partial charge on any atom is -0.493 e. The third kappa shape index (κ3) is 6.18. The van der Waals surface area contributed by atoms with Crippen LogP contribution in [0.15, 0.2) is 72.8 Å². The zero-order chi connectivity index (χ0) is 22.9. The van der Waals surface area contributed by atoms with Crippen LogP contribution < -0.4 is 20.1 Å². The molecular formula is C25H23FN2O4. The van der Waals surface area contributed by atoms with Crippen molar-refractivity contribution < 1.29 is 23.5 Å². The minimum atomic E-state index is -0.403. The van der Waals surface area contributed by atoms with Gasteiger partial charge >= 0.3 is 0 Å². The molecule has 7 heteroatoms. The van der Waals surface area contributed by atoms with Gasteiger partial charge in [0.05, 0.1) is 14.2 Å². The zero-order valence-corrected chi connectivity index (χ0v) is 17.7. The molecule has 0 fully saturated rings. The van der Waals surface area contributed by atoms with Gasteiger partial charge in [0.25, 0.3) is 5.91 Å². The van der Waals surface area contributed by atoms with Crippen LogP contribution in [0.2, 0.25) is 0 Å². The van der Waals surface area contributed by atoms with Crippen LogP contribution in [-0.2, 0) is 11.3 Å². The second-order valence-corrected chi connectivity index (χ2v) is 6.83. The molecule has 0 aliphatic heterocycles. The number of nitrogens with one attached hydrogen (secondary N) is 2. The molecule has 0 radical (unpaired) electrons. The molecule has 0 saturated heterocycles. The first kappa shape index (κ1) is 22.6. The summed E-state index contributed by atoms with van der Waals surface area (Å²) in [5.74, 6) is 0.180. The first-order valence-electron chi connectivity index (χ1n) is 9.82. The fourth-order valence-corrected chi connectivity index (χ4v) is 2.94. The Morgan fingerprint density at radius 2 is 1.69 bits per heavy atom. The molecule has 3 aromatic rings. The van der Waals surface area contributed by atoms with Crippen molar-refractivity contribution in [2.75, 3.05) is 19.5 Å². The van der Waals surface area contributed by atoms with E-state index in [1.807, 2.05) is 12.1 Å². The van der Waals surface area contributed by atoms with Crippen molar-refractivity contribution in [3.8, 4) is 11.5 Å². The summed E-state index contributed by atoms with van der Waals surface area (Å²) < 4.78 is 23.5. The highest BCUT2D eigenvalue weighted by molar-refractivity contribution is 6.04. The molecule has 164 valence electrons. The molecule has 0 aliphatic rings. The van der Waals surface area contributed by atoms with E-state index in [4.69, 9.17) is 9.47 Å². The molecule has 0 aromatic heterocycles. The molecule has 0 bridgehead atoms. The van der Waals surface area contributed by atoms with Crippen molar-refractivity contribution in [3.63, 3.8) is 0 Å². The first-order valence-corrected chi connectivity index (χ1v) is 9.82. The van der Waals surface area contributed by atoms with Gasteiger partial charge in [-0.25, -0.2) is 4.39 Å². The van der Waals surface area contributed by atoms with E-state index in [2.05, 4.69) is 10.6 Å². The number of carbonyl (C=O) groups is 2. The van der Waals surface area contributed by atoms with Crippen LogP contribution in [-0.4, -0.2) is 26.0 Å².